The van der Waals surface area contributed by atoms with E-state index in [9.17, 15) is 0 Å². The predicted octanol–water partition coefficient (Wildman–Crippen LogP) is 6.64. The molecule has 1 aliphatic rings. The molecular formula is C18H14IP. The second-order valence-corrected chi connectivity index (χ2v) is 8.78. The molecule has 1 heterocycles. The molecule has 20 heavy (non-hydrogen) atoms. The summed E-state index contributed by atoms with van der Waals surface area (Å²) in [6.07, 6.45) is 10.3. The highest BCUT2D eigenvalue weighted by Gasteiger charge is 2.17. The summed E-state index contributed by atoms with van der Waals surface area (Å²) in [4.78, 5) is 0. The first kappa shape index (κ1) is 12.7. The molecule has 0 saturated heterocycles. The molecule has 3 aromatic rings. The lowest BCUT2D eigenvalue weighted by Gasteiger charge is -2.14. The molecule has 2 unspecified atom stereocenters. The van der Waals surface area contributed by atoms with Crippen LogP contribution in [0.5, 0.6) is 0 Å². The van der Waals surface area contributed by atoms with Crippen LogP contribution in [0.25, 0.3) is 21.0 Å². The van der Waals surface area contributed by atoms with Crippen LogP contribution in [0.2, 0.25) is 0 Å². The van der Waals surface area contributed by atoms with Crippen molar-refractivity contribution in [1.29, 1.82) is 0 Å². The summed E-state index contributed by atoms with van der Waals surface area (Å²) in [5, 5.41) is 6.03. The average Bonchev–Trinajstić information content (AvgIpc) is 2.82. The highest BCUT2D eigenvalue weighted by molar-refractivity contribution is 14.1. The van der Waals surface area contributed by atoms with Gasteiger partial charge in [-0.15, -0.1) is 7.53 Å². The van der Waals surface area contributed by atoms with E-state index < -0.39 is 0 Å². The summed E-state index contributed by atoms with van der Waals surface area (Å²) >= 11 is 2.42. The van der Waals surface area contributed by atoms with Crippen molar-refractivity contribution in [3.8, 4) is 0 Å². The molecule has 0 amide bonds. The van der Waals surface area contributed by atoms with Crippen LogP contribution < -0.4 is 0 Å². The SMILES string of the molecule is Ic1ccc2c(c1)c1ccccc1p2C1C=CC=CC1. The van der Waals surface area contributed by atoms with Gasteiger partial charge in [0.2, 0.25) is 0 Å². The Bertz CT molecular complexity index is 854. The van der Waals surface area contributed by atoms with Gasteiger partial charge in [-0.25, -0.2) is 0 Å². The fourth-order valence-electron chi connectivity index (χ4n) is 3.09. The topological polar surface area (TPSA) is 0 Å². The summed E-state index contributed by atoms with van der Waals surface area (Å²) in [5.41, 5.74) is 0.650. The number of rotatable bonds is 1. The molecule has 2 aromatic carbocycles. The monoisotopic (exact) mass is 388 g/mol. The van der Waals surface area contributed by atoms with E-state index in [0.717, 1.165) is 0 Å². The molecule has 2 heteroatoms. The summed E-state index contributed by atoms with van der Waals surface area (Å²) < 4.78 is 1.33. The van der Waals surface area contributed by atoms with E-state index in [1.54, 1.807) is 10.2 Å². The summed E-state index contributed by atoms with van der Waals surface area (Å²) in [7, 11) is -0.249. The second-order valence-electron chi connectivity index (χ2n) is 5.16. The van der Waals surface area contributed by atoms with Crippen LogP contribution in [0.3, 0.4) is 0 Å². The Morgan fingerprint density at radius 2 is 1.80 bits per heavy atom. The molecule has 0 fully saturated rings. The highest BCUT2D eigenvalue weighted by atomic mass is 127. The average molecular weight is 388 g/mol. The third kappa shape index (κ3) is 1.96. The van der Waals surface area contributed by atoms with Crippen LogP contribution in [-0.4, -0.2) is 0 Å². The molecule has 0 spiro atoms. The summed E-state index contributed by atoms with van der Waals surface area (Å²) in [5.74, 6) is 0. The third-order valence-corrected chi connectivity index (χ3v) is 7.50. The minimum atomic E-state index is -0.249. The molecule has 98 valence electrons. The predicted molar refractivity (Wildman–Crippen MR) is 98.8 cm³/mol. The first-order chi connectivity index (χ1) is 9.84. The van der Waals surface area contributed by atoms with Crippen LogP contribution in [-0.2, 0) is 0 Å². The molecule has 1 aliphatic carbocycles. The minimum Gasteiger partial charge on any atom is -0.101 e. The number of hydrogen-bond donors (Lipinski definition) is 0. The van der Waals surface area contributed by atoms with Crippen molar-refractivity contribution < 1.29 is 0 Å². The number of halogens is 1. The van der Waals surface area contributed by atoms with Gasteiger partial charge in [0.15, 0.2) is 0 Å². The molecule has 0 N–H and O–H groups in total. The lowest BCUT2D eigenvalue weighted by Crippen LogP contribution is -1.85. The molecule has 0 nitrogen and oxygen atoms in total. The van der Waals surface area contributed by atoms with E-state index in [2.05, 4.69) is 89.4 Å². The zero-order valence-corrected chi connectivity index (χ0v) is 14.0. The number of fused-ring (bicyclic) bond motifs is 3. The highest BCUT2D eigenvalue weighted by Crippen LogP contribution is 2.57. The van der Waals surface area contributed by atoms with Crippen molar-refractivity contribution in [2.45, 2.75) is 12.1 Å². The van der Waals surface area contributed by atoms with Crippen LogP contribution >= 0.6 is 30.1 Å². The Morgan fingerprint density at radius 3 is 2.65 bits per heavy atom. The smallest absolute Gasteiger partial charge is 0.0203 e. The van der Waals surface area contributed by atoms with Gasteiger partial charge < -0.3 is 0 Å². The second kappa shape index (κ2) is 5.05. The lowest BCUT2D eigenvalue weighted by molar-refractivity contribution is 0.994. The Labute approximate surface area is 133 Å². The molecule has 0 aliphatic heterocycles. The van der Waals surface area contributed by atoms with Crippen molar-refractivity contribution in [2.75, 3.05) is 0 Å². The first-order valence-corrected chi connectivity index (χ1v) is 9.35. The van der Waals surface area contributed by atoms with E-state index in [4.69, 9.17) is 0 Å². The Hall–Kier alpha value is -1.05. The van der Waals surface area contributed by atoms with Gasteiger partial charge in [-0.1, -0.05) is 48.6 Å². The summed E-state index contributed by atoms with van der Waals surface area (Å²) in [6.45, 7) is 0. The van der Waals surface area contributed by atoms with Gasteiger partial charge in [0.1, 0.15) is 0 Å². The Morgan fingerprint density at radius 1 is 0.950 bits per heavy atom. The van der Waals surface area contributed by atoms with Crippen molar-refractivity contribution in [3.63, 3.8) is 0 Å². The molecule has 4 rings (SSSR count). The fraction of sp³-hybridized carbons (Fsp3) is 0.111. The number of benzene rings is 2. The van der Waals surface area contributed by atoms with Crippen LogP contribution in [0.1, 0.15) is 12.1 Å². The molecule has 0 radical (unpaired) electrons. The van der Waals surface area contributed by atoms with Gasteiger partial charge >= 0.3 is 0 Å². The van der Waals surface area contributed by atoms with Gasteiger partial charge in [-0.2, -0.15) is 0 Å². The van der Waals surface area contributed by atoms with E-state index in [-0.39, 0.29) is 7.53 Å². The van der Waals surface area contributed by atoms with Crippen molar-refractivity contribution in [3.05, 3.63) is 70.3 Å². The van der Waals surface area contributed by atoms with Crippen molar-refractivity contribution in [1.82, 2.24) is 0 Å². The zero-order valence-electron chi connectivity index (χ0n) is 11.0. The van der Waals surface area contributed by atoms with Gasteiger partial charge in [0, 0.05) is 19.5 Å². The maximum Gasteiger partial charge on any atom is 0.0203 e. The Kier molecular flexibility index (Phi) is 3.20. The van der Waals surface area contributed by atoms with Gasteiger partial charge in [0.25, 0.3) is 0 Å². The van der Waals surface area contributed by atoms with Gasteiger partial charge in [-0.3, -0.25) is 0 Å². The summed E-state index contributed by atoms with van der Waals surface area (Å²) in [6, 6.07) is 15.9. The standard InChI is InChI=1S/C18H14IP/c19-13-10-11-18-16(12-13)15-8-4-5-9-17(15)20(18)14-6-2-1-3-7-14/h1-6,8-12,14H,7H2. The molecule has 0 bridgehead atoms. The van der Waals surface area contributed by atoms with Crippen molar-refractivity contribution in [2.24, 2.45) is 0 Å². The maximum atomic E-state index is 2.42. The van der Waals surface area contributed by atoms with E-state index in [0.29, 0.717) is 5.66 Å². The number of allylic oxidation sites excluding steroid dienone is 4. The largest absolute Gasteiger partial charge is 0.101 e. The van der Waals surface area contributed by atoms with Crippen LogP contribution in [0.4, 0.5) is 0 Å². The molecule has 2 atom stereocenters. The quantitative estimate of drug-likeness (QED) is 0.410. The zero-order chi connectivity index (χ0) is 13.5. The van der Waals surface area contributed by atoms with E-state index in [1.807, 2.05) is 0 Å². The first-order valence-electron chi connectivity index (χ1n) is 6.86. The minimum absolute atomic E-state index is 0.249. The Balaban J connectivity index is 2.10. The molecular weight excluding hydrogens is 374 g/mol. The van der Waals surface area contributed by atoms with Gasteiger partial charge in [-0.05, 0) is 58.0 Å². The molecule has 1 aromatic heterocycles. The van der Waals surface area contributed by atoms with Crippen molar-refractivity contribution >= 4 is 51.1 Å². The third-order valence-electron chi connectivity index (χ3n) is 3.96. The van der Waals surface area contributed by atoms with E-state index in [1.165, 1.54) is 20.8 Å². The van der Waals surface area contributed by atoms with Gasteiger partial charge in [0.05, 0.1) is 0 Å². The van der Waals surface area contributed by atoms with Crippen LogP contribution in [0, 0.1) is 3.57 Å². The number of hydrogen-bond acceptors (Lipinski definition) is 0. The maximum absolute atomic E-state index is 2.42. The lowest BCUT2D eigenvalue weighted by atomic mass is 10.2. The fourth-order valence-corrected chi connectivity index (χ4v) is 6.54. The molecule has 0 saturated carbocycles. The van der Waals surface area contributed by atoms with E-state index >= 15 is 0 Å². The normalized spacial score (nSPS) is 19.1. The van der Waals surface area contributed by atoms with Crippen LogP contribution in [0.15, 0.2) is 66.8 Å².